The van der Waals surface area contributed by atoms with Crippen molar-refractivity contribution < 1.29 is 4.79 Å². The summed E-state index contributed by atoms with van der Waals surface area (Å²) in [6.45, 7) is 6.77. The van der Waals surface area contributed by atoms with Crippen LogP contribution in [-0.4, -0.2) is 17.1 Å². The smallest absolute Gasteiger partial charge is 0.238 e. The number of hydrogen-bond donors (Lipinski definition) is 1. The number of fused-ring (bicyclic) bond motifs is 1. The van der Waals surface area contributed by atoms with Crippen LogP contribution in [0, 0.1) is 17.3 Å². The van der Waals surface area contributed by atoms with Gasteiger partial charge in [0.2, 0.25) is 5.91 Å². The van der Waals surface area contributed by atoms with E-state index < -0.39 is 0 Å². The predicted octanol–water partition coefficient (Wildman–Crippen LogP) is 3.35. The summed E-state index contributed by atoms with van der Waals surface area (Å²) in [6.07, 6.45) is 1.98. The first-order valence-corrected chi connectivity index (χ1v) is 7.98. The summed E-state index contributed by atoms with van der Waals surface area (Å²) >= 11 is 5.44. The van der Waals surface area contributed by atoms with Gasteiger partial charge in [-0.25, -0.2) is 0 Å². The van der Waals surface area contributed by atoms with Crippen LogP contribution >= 0.6 is 12.2 Å². The first-order valence-electron chi connectivity index (χ1n) is 7.57. The molecule has 0 aromatic heterocycles. The van der Waals surface area contributed by atoms with E-state index in [1.807, 2.05) is 30.3 Å². The topological polar surface area (TPSA) is 32.3 Å². The third-order valence-corrected chi connectivity index (χ3v) is 5.15. The summed E-state index contributed by atoms with van der Waals surface area (Å²) in [6, 6.07) is 9.88. The van der Waals surface area contributed by atoms with Crippen LogP contribution in [0.1, 0.15) is 33.6 Å². The maximum atomic E-state index is 12.9. The van der Waals surface area contributed by atoms with Crippen LogP contribution in [0.5, 0.6) is 0 Å². The van der Waals surface area contributed by atoms with Crippen LogP contribution in [0.2, 0.25) is 0 Å². The summed E-state index contributed by atoms with van der Waals surface area (Å²) in [5.74, 6) is 0.755. The van der Waals surface area contributed by atoms with Crippen LogP contribution in [0.15, 0.2) is 30.3 Å². The Morgan fingerprint density at radius 2 is 1.86 bits per heavy atom. The van der Waals surface area contributed by atoms with Gasteiger partial charge in [0.15, 0.2) is 5.11 Å². The number of anilines is 1. The van der Waals surface area contributed by atoms with Crippen LogP contribution in [0.4, 0.5) is 5.69 Å². The number of para-hydroxylation sites is 1. The van der Waals surface area contributed by atoms with E-state index in [1.165, 1.54) is 0 Å². The van der Waals surface area contributed by atoms with Gasteiger partial charge < -0.3 is 5.32 Å². The van der Waals surface area contributed by atoms with Crippen molar-refractivity contribution in [2.24, 2.45) is 17.3 Å². The number of benzene rings is 1. The second-order valence-electron chi connectivity index (χ2n) is 7.21. The van der Waals surface area contributed by atoms with Gasteiger partial charge >= 0.3 is 0 Å². The zero-order valence-corrected chi connectivity index (χ0v) is 13.6. The molecule has 3 nitrogen and oxygen atoms in total. The lowest BCUT2D eigenvalue weighted by Gasteiger charge is -2.36. The largest absolute Gasteiger partial charge is 0.358 e. The number of amides is 1. The van der Waals surface area contributed by atoms with E-state index in [0.29, 0.717) is 11.0 Å². The number of nitrogens with one attached hydrogen (secondary N) is 1. The average Bonchev–Trinajstić information content (AvgIpc) is 2.84. The highest BCUT2D eigenvalue weighted by Crippen LogP contribution is 2.44. The molecule has 21 heavy (non-hydrogen) atoms. The fraction of sp³-hybridized carbons (Fsp3) is 0.529. The molecule has 2 aliphatic rings. The number of rotatable bonds is 1. The van der Waals surface area contributed by atoms with E-state index in [1.54, 1.807) is 4.90 Å². The maximum Gasteiger partial charge on any atom is 0.238 e. The Labute approximate surface area is 131 Å². The predicted molar refractivity (Wildman–Crippen MR) is 89.1 cm³/mol. The third-order valence-electron chi connectivity index (χ3n) is 4.85. The minimum absolute atomic E-state index is 0.0427. The molecule has 2 fully saturated rings. The Kier molecular flexibility index (Phi) is 3.52. The summed E-state index contributed by atoms with van der Waals surface area (Å²) in [4.78, 5) is 14.6. The number of nitrogens with zero attached hydrogens (tertiary/aromatic N) is 1. The van der Waals surface area contributed by atoms with Gasteiger partial charge in [0, 0.05) is 6.04 Å². The fourth-order valence-corrected chi connectivity index (χ4v) is 3.83. The quantitative estimate of drug-likeness (QED) is 0.808. The first kappa shape index (κ1) is 14.5. The zero-order chi connectivity index (χ0) is 15.2. The van der Waals surface area contributed by atoms with Crippen molar-refractivity contribution >= 4 is 28.9 Å². The average molecular weight is 302 g/mol. The number of hydrogen-bond acceptors (Lipinski definition) is 2. The molecule has 1 saturated carbocycles. The molecule has 1 amide bonds. The zero-order valence-electron chi connectivity index (χ0n) is 12.8. The SMILES string of the molecule is CC(C)(C)[C@H]1C[C@@H]2C(=O)N(c3ccccc3)C(=S)N[C@@H]2C1. The highest BCUT2D eigenvalue weighted by molar-refractivity contribution is 7.80. The molecule has 1 aromatic carbocycles. The summed E-state index contributed by atoms with van der Waals surface area (Å²) < 4.78 is 0. The third kappa shape index (κ3) is 2.57. The lowest BCUT2D eigenvalue weighted by atomic mass is 9.79. The minimum Gasteiger partial charge on any atom is -0.358 e. The molecule has 0 spiro atoms. The Morgan fingerprint density at radius 3 is 2.48 bits per heavy atom. The molecule has 1 aromatic rings. The van der Waals surface area contributed by atoms with E-state index in [9.17, 15) is 4.79 Å². The molecular weight excluding hydrogens is 280 g/mol. The molecule has 1 heterocycles. The van der Waals surface area contributed by atoms with E-state index >= 15 is 0 Å². The molecule has 1 saturated heterocycles. The van der Waals surface area contributed by atoms with Crippen molar-refractivity contribution in [2.75, 3.05) is 4.90 Å². The Morgan fingerprint density at radius 1 is 1.19 bits per heavy atom. The van der Waals surface area contributed by atoms with Crippen molar-refractivity contribution in [2.45, 2.75) is 39.7 Å². The van der Waals surface area contributed by atoms with Crippen molar-refractivity contribution in [1.82, 2.24) is 5.32 Å². The van der Waals surface area contributed by atoms with Gasteiger partial charge in [-0.2, -0.15) is 0 Å². The normalized spacial score (nSPS) is 29.3. The van der Waals surface area contributed by atoms with Gasteiger partial charge in [0.05, 0.1) is 11.6 Å². The minimum atomic E-state index is 0.0427. The molecule has 1 aliphatic heterocycles. The van der Waals surface area contributed by atoms with Gasteiger partial charge in [0.25, 0.3) is 0 Å². The second kappa shape index (κ2) is 5.09. The highest BCUT2D eigenvalue weighted by atomic mass is 32.1. The van der Waals surface area contributed by atoms with Crippen molar-refractivity contribution in [3.05, 3.63) is 30.3 Å². The van der Waals surface area contributed by atoms with Gasteiger partial charge in [-0.1, -0.05) is 39.0 Å². The van der Waals surface area contributed by atoms with E-state index in [4.69, 9.17) is 12.2 Å². The Bertz CT molecular complexity index is 564. The number of carbonyl (C=O) groups is 1. The summed E-state index contributed by atoms with van der Waals surface area (Å²) in [7, 11) is 0. The molecule has 1 aliphatic carbocycles. The Balaban J connectivity index is 1.86. The number of carbonyl (C=O) groups excluding carboxylic acids is 1. The van der Waals surface area contributed by atoms with Crippen LogP contribution < -0.4 is 10.2 Å². The van der Waals surface area contributed by atoms with Gasteiger partial charge in [0.1, 0.15) is 0 Å². The molecule has 0 unspecified atom stereocenters. The molecule has 112 valence electrons. The highest BCUT2D eigenvalue weighted by Gasteiger charge is 2.48. The van der Waals surface area contributed by atoms with Crippen molar-refractivity contribution in [3.8, 4) is 0 Å². The monoisotopic (exact) mass is 302 g/mol. The Hall–Kier alpha value is -1.42. The molecule has 3 rings (SSSR count). The van der Waals surface area contributed by atoms with Gasteiger partial charge in [-0.3, -0.25) is 9.69 Å². The van der Waals surface area contributed by atoms with Gasteiger partial charge in [-0.15, -0.1) is 0 Å². The lowest BCUT2D eigenvalue weighted by Crippen LogP contribution is -2.58. The van der Waals surface area contributed by atoms with Crippen molar-refractivity contribution in [3.63, 3.8) is 0 Å². The first-order chi connectivity index (χ1) is 9.88. The van der Waals surface area contributed by atoms with Crippen LogP contribution in [-0.2, 0) is 4.79 Å². The molecular formula is C17H22N2OS. The number of thiocarbonyl (C=S) groups is 1. The van der Waals surface area contributed by atoms with E-state index in [2.05, 4.69) is 26.1 Å². The van der Waals surface area contributed by atoms with Gasteiger partial charge in [-0.05, 0) is 48.5 Å². The molecule has 0 bridgehead atoms. The van der Waals surface area contributed by atoms with Crippen LogP contribution in [0.25, 0.3) is 0 Å². The van der Waals surface area contributed by atoms with E-state index in [-0.39, 0.29) is 23.3 Å². The fourth-order valence-electron chi connectivity index (χ4n) is 3.49. The lowest BCUT2D eigenvalue weighted by molar-refractivity contribution is -0.122. The summed E-state index contributed by atoms with van der Waals surface area (Å²) in [5.41, 5.74) is 1.09. The van der Waals surface area contributed by atoms with Crippen molar-refractivity contribution in [1.29, 1.82) is 0 Å². The molecule has 0 radical (unpaired) electrons. The van der Waals surface area contributed by atoms with Crippen LogP contribution in [0.3, 0.4) is 0 Å². The second-order valence-corrected chi connectivity index (χ2v) is 7.59. The molecule has 3 atom stereocenters. The molecule has 4 heteroatoms. The van der Waals surface area contributed by atoms with E-state index in [0.717, 1.165) is 18.5 Å². The standard InChI is InChI=1S/C17H22N2OS/c1-17(2,3)11-9-13-14(10-11)18-16(21)19(15(13)20)12-7-5-4-6-8-12/h4-8,11,13-14H,9-10H2,1-3H3,(H,18,21)/t11-,13-,14+/m0/s1. The molecule has 1 N–H and O–H groups in total. The summed E-state index contributed by atoms with van der Waals surface area (Å²) in [5, 5.41) is 3.94. The maximum absolute atomic E-state index is 12.9.